The number of alkyl halides is 1. The predicted molar refractivity (Wildman–Crippen MR) is 92.4 cm³/mol. The summed E-state index contributed by atoms with van der Waals surface area (Å²) in [6.45, 7) is 3.31. The minimum Gasteiger partial charge on any atom is -0.465 e. The van der Waals surface area contributed by atoms with Crippen LogP contribution in [0, 0.1) is 0 Å². The second-order valence-electron chi connectivity index (χ2n) is 4.96. The SMILES string of the molecule is CCn1cncc1CNc1cc(C(=O)OC)ccc1NC(=O)CCl. The fourth-order valence-electron chi connectivity index (χ4n) is 2.19. The highest BCUT2D eigenvalue weighted by molar-refractivity contribution is 6.29. The summed E-state index contributed by atoms with van der Waals surface area (Å²) >= 11 is 5.54. The molecular weight excluding hydrogens is 332 g/mol. The van der Waals surface area contributed by atoms with Crippen molar-refractivity contribution in [2.24, 2.45) is 0 Å². The zero-order chi connectivity index (χ0) is 17.5. The van der Waals surface area contributed by atoms with Crippen molar-refractivity contribution in [3.63, 3.8) is 0 Å². The van der Waals surface area contributed by atoms with Crippen molar-refractivity contribution in [1.29, 1.82) is 0 Å². The molecule has 0 atom stereocenters. The molecule has 1 aromatic carbocycles. The molecule has 7 nitrogen and oxygen atoms in total. The summed E-state index contributed by atoms with van der Waals surface area (Å²) in [5, 5.41) is 5.91. The van der Waals surface area contributed by atoms with Gasteiger partial charge in [0.05, 0.1) is 42.6 Å². The van der Waals surface area contributed by atoms with Crippen molar-refractivity contribution in [1.82, 2.24) is 9.55 Å². The Labute approximate surface area is 145 Å². The van der Waals surface area contributed by atoms with E-state index in [2.05, 4.69) is 15.6 Å². The molecule has 0 aliphatic carbocycles. The maximum Gasteiger partial charge on any atom is 0.337 e. The first kappa shape index (κ1) is 17.8. The van der Waals surface area contributed by atoms with Crippen LogP contribution in [0.1, 0.15) is 23.0 Å². The van der Waals surface area contributed by atoms with Crippen LogP contribution in [0.25, 0.3) is 0 Å². The number of hydrogen-bond acceptors (Lipinski definition) is 5. The predicted octanol–water partition coefficient (Wildman–Crippen LogP) is 2.48. The maximum atomic E-state index is 11.7. The normalized spacial score (nSPS) is 10.3. The highest BCUT2D eigenvalue weighted by atomic mass is 35.5. The van der Waals surface area contributed by atoms with E-state index in [9.17, 15) is 9.59 Å². The van der Waals surface area contributed by atoms with Gasteiger partial charge in [-0.2, -0.15) is 0 Å². The van der Waals surface area contributed by atoms with E-state index in [0.29, 0.717) is 23.5 Å². The number of imidazole rings is 1. The Kier molecular flexibility index (Phi) is 6.20. The molecule has 2 aromatic rings. The van der Waals surface area contributed by atoms with Gasteiger partial charge >= 0.3 is 5.97 Å². The number of aromatic nitrogens is 2. The number of benzene rings is 1. The van der Waals surface area contributed by atoms with Gasteiger partial charge in [0.2, 0.25) is 5.91 Å². The van der Waals surface area contributed by atoms with Crippen LogP contribution in [-0.4, -0.2) is 34.4 Å². The molecule has 0 aliphatic heterocycles. The van der Waals surface area contributed by atoms with Gasteiger partial charge in [-0.1, -0.05) is 0 Å². The Hall–Kier alpha value is -2.54. The molecule has 0 saturated heterocycles. The lowest BCUT2D eigenvalue weighted by Gasteiger charge is -2.14. The monoisotopic (exact) mass is 350 g/mol. The van der Waals surface area contributed by atoms with E-state index in [0.717, 1.165) is 12.2 Å². The molecule has 128 valence electrons. The van der Waals surface area contributed by atoms with Crippen LogP contribution in [0.4, 0.5) is 11.4 Å². The van der Waals surface area contributed by atoms with Gasteiger partial charge in [-0.05, 0) is 25.1 Å². The fraction of sp³-hybridized carbons (Fsp3) is 0.312. The minimum absolute atomic E-state index is 0.152. The molecule has 1 amide bonds. The molecule has 0 spiro atoms. The number of methoxy groups -OCH3 is 1. The van der Waals surface area contributed by atoms with Crippen LogP contribution in [0.3, 0.4) is 0 Å². The lowest BCUT2D eigenvalue weighted by Crippen LogP contribution is -2.15. The largest absolute Gasteiger partial charge is 0.465 e. The van der Waals surface area contributed by atoms with Gasteiger partial charge in [-0.3, -0.25) is 4.79 Å². The van der Waals surface area contributed by atoms with Gasteiger partial charge in [0.25, 0.3) is 0 Å². The molecule has 0 radical (unpaired) electrons. The molecule has 0 aliphatic rings. The van der Waals surface area contributed by atoms with Crippen LogP contribution in [0.5, 0.6) is 0 Å². The van der Waals surface area contributed by atoms with Gasteiger partial charge in [-0.25, -0.2) is 9.78 Å². The Morgan fingerprint density at radius 3 is 2.79 bits per heavy atom. The van der Waals surface area contributed by atoms with Crippen LogP contribution in [0.2, 0.25) is 0 Å². The van der Waals surface area contributed by atoms with Gasteiger partial charge in [-0.15, -0.1) is 11.6 Å². The Morgan fingerprint density at radius 1 is 1.33 bits per heavy atom. The molecule has 2 rings (SSSR count). The van der Waals surface area contributed by atoms with Crippen molar-refractivity contribution in [3.05, 3.63) is 42.0 Å². The second kappa shape index (κ2) is 8.35. The number of hydrogen-bond donors (Lipinski definition) is 2. The smallest absolute Gasteiger partial charge is 0.337 e. The molecule has 24 heavy (non-hydrogen) atoms. The summed E-state index contributed by atoms with van der Waals surface area (Å²) in [6.07, 6.45) is 3.51. The maximum absolute atomic E-state index is 11.7. The van der Waals surface area contributed by atoms with Gasteiger partial charge in [0.1, 0.15) is 5.88 Å². The summed E-state index contributed by atoms with van der Waals surface area (Å²) in [7, 11) is 1.32. The van der Waals surface area contributed by atoms with Crippen molar-refractivity contribution in [2.75, 3.05) is 23.6 Å². The molecule has 0 bridgehead atoms. The van der Waals surface area contributed by atoms with E-state index in [1.165, 1.54) is 7.11 Å². The summed E-state index contributed by atoms with van der Waals surface area (Å²) in [5.41, 5.74) is 2.50. The summed E-state index contributed by atoms with van der Waals surface area (Å²) < 4.78 is 6.73. The van der Waals surface area contributed by atoms with E-state index in [4.69, 9.17) is 16.3 Å². The van der Waals surface area contributed by atoms with Gasteiger partial charge in [0.15, 0.2) is 0 Å². The van der Waals surface area contributed by atoms with E-state index >= 15 is 0 Å². The number of ether oxygens (including phenoxy) is 1. The second-order valence-corrected chi connectivity index (χ2v) is 5.23. The number of nitrogens with one attached hydrogen (secondary N) is 2. The van der Waals surface area contributed by atoms with Crippen molar-refractivity contribution < 1.29 is 14.3 Å². The van der Waals surface area contributed by atoms with Crippen molar-refractivity contribution in [2.45, 2.75) is 20.0 Å². The zero-order valence-corrected chi connectivity index (χ0v) is 14.3. The molecule has 2 N–H and O–H groups in total. The van der Waals surface area contributed by atoms with Crippen LogP contribution < -0.4 is 10.6 Å². The molecule has 1 aromatic heterocycles. The molecule has 0 saturated carbocycles. The Balaban J connectivity index is 2.25. The number of carbonyl (C=O) groups is 2. The third kappa shape index (κ3) is 4.26. The van der Waals surface area contributed by atoms with Crippen LogP contribution >= 0.6 is 11.6 Å². The highest BCUT2D eigenvalue weighted by Gasteiger charge is 2.12. The molecule has 0 unspecified atom stereocenters. The number of esters is 1. The molecule has 0 fully saturated rings. The number of anilines is 2. The fourth-order valence-corrected chi connectivity index (χ4v) is 2.26. The van der Waals surface area contributed by atoms with Gasteiger partial charge in [0, 0.05) is 12.7 Å². The number of carbonyl (C=O) groups excluding carboxylic acids is 2. The topological polar surface area (TPSA) is 85.2 Å². The molecular formula is C16H19ClN4O3. The first-order chi connectivity index (χ1) is 11.6. The van der Waals surface area contributed by atoms with E-state index in [-0.39, 0.29) is 11.8 Å². The number of amides is 1. The molecule has 8 heteroatoms. The summed E-state index contributed by atoms with van der Waals surface area (Å²) in [5.74, 6) is -0.933. The minimum atomic E-state index is -0.452. The highest BCUT2D eigenvalue weighted by Crippen LogP contribution is 2.24. The van der Waals surface area contributed by atoms with Crippen LogP contribution in [-0.2, 0) is 22.6 Å². The van der Waals surface area contributed by atoms with E-state index in [1.807, 2.05) is 11.5 Å². The Bertz CT molecular complexity index is 730. The van der Waals surface area contributed by atoms with Gasteiger partial charge < -0.3 is 19.9 Å². The number of nitrogens with zero attached hydrogens (tertiary/aromatic N) is 2. The third-order valence-corrected chi connectivity index (χ3v) is 3.68. The standard InChI is InChI=1S/C16H19ClN4O3/c1-3-21-10-18-8-12(21)9-19-14-6-11(16(23)24-2)4-5-13(14)20-15(22)7-17/h4-6,8,10,19H,3,7,9H2,1-2H3,(H,20,22). The molecule has 1 heterocycles. The number of rotatable bonds is 7. The number of halogens is 1. The van der Waals surface area contributed by atoms with Crippen molar-refractivity contribution >= 4 is 34.9 Å². The van der Waals surface area contributed by atoms with E-state index in [1.54, 1.807) is 30.7 Å². The lowest BCUT2D eigenvalue weighted by atomic mass is 10.1. The average Bonchev–Trinajstić information content (AvgIpc) is 3.07. The zero-order valence-electron chi connectivity index (χ0n) is 13.5. The first-order valence-corrected chi connectivity index (χ1v) is 7.93. The van der Waals surface area contributed by atoms with Crippen molar-refractivity contribution in [3.8, 4) is 0 Å². The average molecular weight is 351 g/mol. The quantitative estimate of drug-likeness (QED) is 0.592. The summed E-state index contributed by atoms with van der Waals surface area (Å²) in [4.78, 5) is 27.4. The third-order valence-electron chi connectivity index (χ3n) is 3.44. The van der Waals surface area contributed by atoms with E-state index < -0.39 is 5.97 Å². The summed E-state index contributed by atoms with van der Waals surface area (Å²) in [6, 6.07) is 4.84. The van der Waals surface area contributed by atoms with Crippen LogP contribution in [0.15, 0.2) is 30.7 Å². The Morgan fingerprint density at radius 2 is 2.12 bits per heavy atom. The first-order valence-electron chi connectivity index (χ1n) is 7.40. The lowest BCUT2D eigenvalue weighted by molar-refractivity contribution is -0.113. The number of aryl methyl sites for hydroxylation is 1.